The summed E-state index contributed by atoms with van der Waals surface area (Å²) in [5.41, 5.74) is 3.29. The molecule has 112 valence electrons. The van der Waals surface area contributed by atoms with Gasteiger partial charge in [-0.2, -0.15) is 0 Å². The van der Waals surface area contributed by atoms with Crippen LogP contribution in [0, 0.1) is 10.8 Å². The molecule has 0 amide bonds. The van der Waals surface area contributed by atoms with Crippen LogP contribution in [0.3, 0.4) is 0 Å². The topological polar surface area (TPSA) is 17.1 Å². The SMILES string of the molecule is CC(C)(C)[C@]1(c2ccccc2)C[C@@]12Cc1ccccc1C2=O. The molecule has 0 bridgehead atoms. The molecule has 2 aromatic carbocycles. The fourth-order valence-corrected chi connectivity index (χ4v) is 4.97. The van der Waals surface area contributed by atoms with Gasteiger partial charge < -0.3 is 0 Å². The summed E-state index contributed by atoms with van der Waals surface area (Å²) in [7, 11) is 0. The smallest absolute Gasteiger partial charge is 0.170 e. The van der Waals surface area contributed by atoms with Crippen LogP contribution >= 0.6 is 0 Å². The summed E-state index contributed by atoms with van der Waals surface area (Å²) in [4.78, 5) is 13.2. The summed E-state index contributed by atoms with van der Waals surface area (Å²) in [6.45, 7) is 6.85. The first-order chi connectivity index (χ1) is 10.4. The first kappa shape index (κ1) is 13.8. The molecular weight excluding hydrogens is 268 g/mol. The standard InChI is InChI=1S/C21H22O/c1-19(2,3)21(16-10-5-4-6-11-16)14-20(21)13-15-9-7-8-12-17(15)18(20)22/h4-12H,13-14H2,1-3H3/t20-,21-/m1/s1. The number of benzene rings is 2. The van der Waals surface area contributed by atoms with E-state index in [2.05, 4.69) is 63.2 Å². The molecule has 1 spiro atoms. The molecule has 1 fully saturated rings. The van der Waals surface area contributed by atoms with E-state index in [4.69, 9.17) is 0 Å². The van der Waals surface area contributed by atoms with Crippen molar-refractivity contribution in [2.24, 2.45) is 10.8 Å². The fraction of sp³-hybridized carbons (Fsp3) is 0.381. The molecule has 0 radical (unpaired) electrons. The van der Waals surface area contributed by atoms with Crippen LogP contribution in [0.5, 0.6) is 0 Å². The number of Topliss-reactive ketones (excluding diaryl/α,β-unsaturated/α-hetero) is 1. The normalized spacial score (nSPS) is 29.7. The van der Waals surface area contributed by atoms with E-state index in [1.807, 2.05) is 12.1 Å². The summed E-state index contributed by atoms with van der Waals surface area (Å²) >= 11 is 0. The lowest BCUT2D eigenvalue weighted by Gasteiger charge is -2.35. The van der Waals surface area contributed by atoms with Gasteiger partial charge in [-0.15, -0.1) is 0 Å². The Bertz CT molecular complexity index is 753. The number of fused-ring (bicyclic) bond motifs is 1. The van der Waals surface area contributed by atoms with Crippen LogP contribution < -0.4 is 0 Å². The maximum Gasteiger partial charge on any atom is 0.170 e. The summed E-state index contributed by atoms with van der Waals surface area (Å²) in [6, 6.07) is 18.8. The third-order valence-electron chi connectivity index (χ3n) is 5.99. The minimum atomic E-state index is -0.226. The lowest BCUT2D eigenvalue weighted by Crippen LogP contribution is -2.35. The van der Waals surface area contributed by atoms with Gasteiger partial charge in [-0.05, 0) is 29.4 Å². The number of carbonyl (C=O) groups is 1. The van der Waals surface area contributed by atoms with Gasteiger partial charge in [0.25, 0.3) is 0 Å². The number of ketones is 1. The molecule has 1 nitrogen and oxygen atoms in total. The molecule has 2 aromatic rings. The lowest BCUT2D eigenvalue weighted by atomic mass is 9.67. The second-order valence-corrected chi connectivity index (χ2v) is 7.94. The highest BCUT2D eigenvalue weighted by Crippen LogP contribution is 2.76. The van der Waals surface area contributed by atoms with E-state index >= 15 is 0 Å². The van der Waals surface area contributed by atoms with E-state index in [0.29, 0.717) is 5.78 Å². The van der Waals surface area contributed by atoms with Crippen molar-refractivity contribution in [3.63, 3.8) is 0 Å². The third-order valence-corrected chi connectivity index (χ3v) is 5.99. The van der Waals surface area contributed by atoms with Gasteiger partial charge in [0.05, 0.1) is 0 Å². The molecule has 0 N–H and O–H groups in total. The van der Waals surface area contributed by atoms with Crippen molar-refractivity contribution in [2.75, 3.05) is 0 Å². The zero-order chi connectivity index (χ0) is 15.6. The lowest BCUT2D eigenvalue weighted by molar-refractivity contribution is 0.0864. The maximum absolute atomic E-state index is 13.2. The Hall–Kier alpha value is -1.89. The molecule has 22 heavy (non-hydrogen) atoms. The molecule has 1 heteroatoms. The minimum absolute atomic E-state index is 0.0443. The first-order valence-electron chi connectivity index (χ1n) is 8.11. The Morgan fingerprint density at radius 1 is 0.909 bits per heavy atom. The average molecular weight is 290 g/mol. The molecule has 4 rings (SSSR count). The van der Waals surface area contributed by atoms with Crippen molar-refractivity contribution in [3.05, 3.63) is 71.3 Å². The first-order valence-corrected chi connectivity index (χ1v) is 8.11. The van der Waals surface area contributed by atoms with E-state index in [-0.39, 0.29) is 16.2 Å². The van der Waals surface area contributed by atoms with Gasteiger partial charge in [0, 0.05) is 16.4 Å². The Kier molecular flexibility index (Phi) is 2.56. The van der Waals surface area contributed by atoms with Gasteiger partial charge in [0.1, 0.15) is 0 Å². The number of hydrogen-bond donors (Lipinski definition) is 0. The third kappa shape index (κ3) is 1.47. The van der Waals surface area contributed by atoms with Gasteiger partial charge in [-0.25, -0.2) is 0 Å². The highest BCUT2D eigenvalue weighted by molar-refractivity contribution is 6.08. The second kappa shape index (κ2) is 4.10. The van der Waals surface area contributed by atoms with Gasteiger partial charge >= 0.3 is 0 Å². The van der Waals surface area contributed by atoms with Crippen molar-refractivity contribution >= 4 is 5.78 Å². The Labute approximate surface area is 132 Å². The second-order valence-electron chi connectivity index (χ2n) is 7.94. The maximum atomic E-state index is 13.2. The van der Waals surface area contributed by atoms with E-state index in [9.17, 15) is 4.79 Å². The highest BCUT2D eigenvalue weighted by atomic mass is 16.1. The zero-order valence-corrected chi connectivity index (χ0v) is 13.5. The molecule has 0 aliphatic heterocycles. The Morgan fingerprint density at radius 2 is 1.55 bits per heavy atom. The summed E-state index contributed by atoms with van der Waals surface area (Å²) in [5, 5.41) is 0. The molecule has 2 atom stereocenters. The van der Waals surface area contributed by atoms with Crippen LogP contribution in [0.1, 0.15) is 48.7 Å². The van der Waals surface area contributed by atoms with Gasteiger partial charge in [-0.3, -0.25) is 4.79 Å². The van der Waals surface area contributed by atoms with E-state index < -0.39 is 0 Å². The molecule has 1 saturated carbocycles. The summed E-state index contributed by atoms with van der Waals surface area (Å²) < 4.78 is 0. The molecule has 0 aromatic heterocycles. The molecule has 0 unspecified atom stereocenters. The predicted molar refractivity (Wildman–Crippen MR) is 89.1 cm³/mol. The molecule has 0 saturated heterocycles. The van der Waals surface area contributed by atoms with Crippen molar-refractivity contribution in [1.82, 2.24) is 0 Å². The van der Waals surface area contributed by atoms with E-state index in [1.165, 1.54) is 11.1 Å². The molecular formula is C21H22O. The van der Waals surface area contributed by atoms with Crippen LogP contribution in [0.2, 0.25) is 0 Å². The highest BCUT2D eigenvalue weighted by Gasteiger charge is 2.77. The largest absolute Gasteiger partial charge is 0.293 e. The van der Waals surface area contributed by atoms with Crippen molar-refractivity contribution in [1.29, 1.82) is 0 Å². The number of rotatable bonds is 1. The van der Waals surface area contributed by atoms with Crippen molar-refractivity contribution in [2.45, 2.75) is 39.0 Å². The van der Waals surface area contributed by atoms with Crippen LogP contribution in [0.4, 0.5) is 0 Å². The quantitative estimate of drug-likeness (QED) is 0.737. The van der Waals surface area contributed by atoms with Crippen LogP contribution in [0.15, 0.2) is 54.6 Å². The summed E-state index contributed by atoms with van der Waals surface area (Å²) in [5.74, 6) is 0.363. The monoisotopic (exact) mass is 290 g/mol. The predicted octanol–water partition coefficient (Wildman–Crippen LogP) is 4.80. The van der Waals surface area contributed by atoms with Gasteiger partial charge in [0.2, 0.25) is 0 Å². The van der Waals surface area contributed by atoms with Crippen LogP contribution in [-0.2, 0) is 11.8 Å². The van der Waals surface area contributed by atoms with Crippen LogP contribution in [-0.4, -0.2) is 5.78 Å². The van der Waals surface area contributed by atoms with Crippen molar-refractivity contribution < 1.29 is 4.79 Å². The van der Waals surface area contributed by atoms with Crippen molar-refractivity contribution in [3.8, 4) is 0 Å². The molecule has 2 aliphatic rings. The van der Waals surface area contributed by atoms with E-state index in [1.54, 1.807) is 0 Å². The average Bonchev–Trinajstić information content (AvgIpc) is 3.11. The number of hydrogen-bond acceptors (Lipinski definition) is 1. The van der Waals surface area contributed by atoms with Crippen LogP contribution in [0.25, 0.3) is 0 Å². The van der Waals surface area contributed by atoms with E-state index in [0.717, 1.165) is 18.4 Å². The molecule has 0 heterocycles. The van der Waals surface area contributed by atoms with Gasteiger partial charge in [-0.1, -0.05) is 75.4 Å². The van der Waals surface area contributed by atoms with Gasteiger partial charge in [0.15, 0.2) is 5.78 Å². The summed E-state index contributed by atoms with van der Waals surface area (Å²) in [6.07, 6.45) is 1.87. The minimum Gasteiger partial charge on any atom is -0.293 e. The Balaban J connectivity index is 1.88. The number of carbonyl (C=O) groups excluding carboxylic acids is 1. The molecule has 2 aliphatic carbocycles. The fourth-order valence-electron chi connectivity index (χ4n) is 4.97. The zero-order valence-electron chi connectivity index (χ0n) is 13.5. The Morgan fingerprint density at radius 3 is 2.18 bits per heavy atom.